The van der Waals surface area contributed by atoms with Crippen LogP contribution in [0, 0.1) is 5.82 Å². The van der Waals surface area contributed by atoms with E-state index in [2.05, 4.69) is 15.9 Å². The first-order chi connectivity index (χ1) is 8.58. The van der Waals surface area contributed by atoms with Crippen molar-refractivity contribution in [1.29, 1.82) is 0 Å². The van der Waals surface area contributed by atoms with Crippen molar-refractivity contribution in [1.82, 2.24) is 0 Å². The van der Waals surface area contributed by atoms with Crippen molar-refractivity contribution in [3.8, 4) is 0 Å². The molecule has 2 aromatic rings. The van der Waals surface area contributed by atoms with Crippen LogP contribution in [0.2, 0.25) is 5.02 Å². The number of hydrogen-bond acceptors (Lipinski definition) is 1. The minimum Gasteiger partial charge on any atom is -0.324 e. The molecule has 0 aromatic heterocycles. The fraction of sp³-hybridized carbons (Fsp3) is 0.143. The van der Waals surface area contributed by atoms with Crippen LogP contribution in [-0.4, -0.2) is 0 Å². The van der Waals surface area contributed by atoms with E-state index < -0.39 is 0 Å². The van der Waals surface area contributed by atoms with E-state index in [-0.39, 0.29) is 11.9 Å². The van der Waals surface area contributed by atoms with Crippen LogP contribution in [0.5, 0.6) is 0 Å². The summed E-state index contributed by atoms with van der Waals surface area (Å²) in [5.41, 5.74) is 7.95. The zero-order valence-corrected chi connectivity index (χ0v) is 11.9. The molecule has 2 rings (SSSR count). The van der Waals surface area contributed by atoms with Gasteiger partial charge in [-0.15, -0.1) is 0 Å². The summed E-state index contributed by atoms with van der Waals surface area (Å²) in [5.74, 6) is -0.268. The molecule has 0 aliphatic heterocycles. The van der Waals surface area contributed by atoms with Gasteiger partial charge in [-0.05, 0) is 51.7 Å². The second-order valence-corrected chi connectivity index (χ2v) is 5.30. The lowest BCUT2D eigenvalue weighted by Crippen LogP contribution is -2.13. The summed E-state index contributed by atoms with van der Waals surface area (Å²) in [6, 6.07) is 12.2. The maximum absolute atomic E-state index is 13.4. The van der Waals surface area contributed by atoms with Crippen LogP contribution < -0.4 is 5.73 Å². The third-order valence-electron chi connectivity index (χ3n) is 2.77. The molecule has 1 nitrogen and oxygen atoms in total. The molecule has 94 valence electrons. The number of benzene rings is 2. The van der Waals surface area contributed by atoms with Gasteiger partial charge in [0, 0.05) is 11.1 Å². The SMILES string of the molecule is NC(Cc1cccc(F)c1Br)c1ccc(Cl)cc1. The fourth-order valence-corrected chi connectivity index (χ4v) is 2.32. The van der Waals surface area contributed by atoms with Gasteiger partial charge in [-0.25, -0.2) is 4.39 Å². The van der Waals surface area contributed by atoms with Crippen LogP contribution >= 0.6 is 27.5 Å². The maximum Gasteiger partial charge on any atom is 0.137 e. The van der Waals surface area contributed by atoms with E-state index in [1.54, 1.807) is 18.2 Å². The predicted octanol–water partition coefficient (Wildman–Crippen LogP) is 4.48. The first-order valence-corrected chi connectivity index (χ1v) is 6.69. The number of hydrogen-bond donors (Lipinski definition) is 1. The summed E-state index contributed by atoms with van der Waals surface area (Å²) in [4.78, 5) is 0. The molecule has 4 heteroatoms. The van der Waals surface area contributed by atoms with Gasteiger partial charge in [0.15, 0.2) is 0 Å². The van der Waals surface area contributed by atoms with Crippen molar-refractivity contribution in [3.05, 3.63) is 68.9 Å². The van der Waals surface area contributed by atoms with Crippen molar-refractivity contribution in [2.24, 2.45) is 5.73 Å². The number of rotatable bonds is 3. The molecule has 0 bridgehead atoms. The van der Waals surface area contributed by atoms with Gasteiger partial charge in [0.25, 0.3) is 0 Å². The van der Waals surface area contributed by atoms with Gasteiger partial charge in [-0.1, -0.05) is 35.9 Å². The Morgan fingerprint density at radius 1 is 1.17 bits per heavy atom. The molecule has 2 aromatic carbocycles. The zero-order valence-electron chi connectivity index (χ0n) is 9.54. The number of halogens is 3. The summed E-state index contributed by atoms with van der Waals surface area (Å²) in [6.07, 6.45) is 0.569. The van der Waals surface area contributed by atoms with E-state index in [4.69, 9.17) is 17.3 Å². The van der Waals surface area contributed by atoms with Crippen LogP contribution in [-0.2, 0) is 6.42 Å². The zero-order chi connectivity index (χ0) is 13.1. The van der Waals surface area contributed by atoms with Crippen molar-refractivity contribution < 1.29 is 4.39 Å². The van der Waals surface area contributed by atoms with Gasteiger partial charge in [-0.3, -0.25) is 0 Å². The van der Waals surface area contributed by atoms with Crippen molar-refractivity contribution in [2.45, 2.75) is 12.5 Å². The highest BCUT2D eigenvalue weighted by Crippen LogP contribution is 2.25. The molecule has 18 heavy (non-hydrogen) atoms. The highest BCUT2D eigenvalue weighted by molar-refractivity contribution is 9.10. The summed E-state index contributed by atoms with van der Waals surface area (Å²) in [7, 11) is 0. The minimum atomic E-state index is -0.268. The van der Waals surface area contributed by atoms with E-state index in [1.165, 1.54) is 6.07 Å². The molecule has 0 aliphatic rings. The average molecular weight is 329 g/mol. The Balaban J connectivity index is 2.18. The maximum atomic E-state index is 13.4. The van der Waals surface area contributed by atoms with Gasteiger partial charge < -0.3 is 5.73 Å². The van der Waals surface area contributed by atoms with Gasteiger partial charge in [0.05, 0.1) is 4.47 Å². The Morgan fingerprint density at radius 2 is 1.83 bits per heavy atom. The molecule has 0 amide bonds. The Bertz CT molecular complexity index is 542. The van der Waals surface area contributed by atoms with Gasteiger partial charge in [-0.2, -0.15) is 0 Å². The Hall–Kier alpha value is -0.900. The lowest BCUT2D eigenvalue weighted by Gasteiger charge is -2.13. The molecule has 0 saturated carbocycles. The summed E-state index contributed by atoms with van der Waals surface area (Å²) < 4.78 is 13.9. The van der Waals surface area contributed by atoms with Crippen LogP contribution in [0.25, 0.3) is 0 Å². The lowest BCUT2D eigenvalue weighted by molar-refractivity contribution is 0.614. The monoisotopic (exact) mass is 327 g/mol. The van der Waals surface area contributed by atoms with Crippen molar-refractivity contribution in [3.63, 3.8) is 0 Å². The second-order valence-electron chi connectivity index (χ2n) is 4.08. The van der Waals surface area contributed by atoms with E-state index in [0.29, 0.717) is 15.9 Å². The summed E-state index contributed by atoms with van der Waals surface area (Å²) in [6.45, 7) is 0. The van der Waals surface area contributed by atoms with Crippen LogP contribution in [0.15, 0.2) is 46.9 Å². The highest BCUT2D eigenvalue weighted by atomic mass is 79.9. The van der Waals surface area contributed by atoms with E-state index >= 15 is 0 Å². The van der Waals surface area contributed by atoms with E-state index in [9.17, 15) is 4.39 Å². The molecule has 0 saturated heterocycles. The topological polar surface area (TPSA) is 26.0 Å². The summed E-state index contributed by atoms with van der Waals surface area (Å²) in [5, 5.41) is 0.679. The van der Waals surface area contributed by atoms with E-state index in [0.717, 1.165) is 11.1 Å². The molecule has 0 fully saturated rings. The molecule has 1 unspecified atom stereocenters. The largest absolute Gasteiger partial charge is 0.324 e. The van der Waals surface area contributed by atoms with Gasteiger partial charge in [0.1, 0.15) is 5.82 Å². The fourth-order valence-electron chi connectivity index (χ4n) is 1.77. The number of nitrogens with two attached hydrogens (primary N) is 1. The van der Waals surface area contributed by atoms with Gasteiger partial charge >= 0.3 is 0 Å². The quantitative estimate of drug-likeness (QED) is 0.883. The second kappa shape index (κ2) is 5.83. The molecule has 0 aliphatic carbocycles. The average Bonchev–Trinajstić information content (AvgIpc) is 2.36. The molecular formula is C14H12BrClFN. The van der Waals surface area contributed by atoms with Crippen LogP contribution in [0.1, 0.15) is 17.2 Å². The molecular weight excluding hydrogens is 317 g/mol. The van der Waals surface area contributed by atoms with Crippen molar-refractivity contribution >= 4 is 27.5 Å². The first-order valence-electron chi connectivity index (χ1n) is 5.52. The van der Waals surface area contributed by atoms with Gasteiger partial charge in [0.2, 0.25) is 0 Å². The van der Waals surface area contributed by atoms with Crippen LogP contribution in [0.3, 0.4) is 0 Å². The first kappa shape index (κ1) is 13.5. The Morgan fingerprint density at radius 3 is 2.50 bits per heavy atom. The van der Waals surface area contributed by atoms with Crippen LogP contribution in [0.4, 0.5) is 4.39 Å². The lowest BCUT2D eigenvalue weighted by atomic mass is 10.00. The van der Waals surface area contributed by atoms with E-state index in [1.807, 2.05) is 18.2 Å². The Labute approximate surface area is 119 Å². The normalized spacial score (nSPS) is 12.4. The predicted molar refractivity (Wildman–Crippen MR) is 76.2 cm³/mol. The standard InChI is InChI=1S/C14H12BrClFN/c15-14-10(2-1-3-12(14)17)8-13(18)9-4-6-11(16)7-5-9/h1-7,13H,8,18H2. The molecule has 0 spiro atoms. The third kappa shape index (κ3) is 3.10. The summed E-state index contributed by atoms with van der Waals surface area (Å²) >= 11 is 9.07. The highest BCUT2D eigenvalue weighted by Gasteiger charge is 2.11. The van der Waals surface area contributed by atoms with Crippen molar-refractivity contribution in [2.75, 3.05) is 0 Å². The third-order valence-corrected chi connectivity index (χ3v) is 3.91. The Kier molecular flexibility index (Phi) is 4.38. The minimum absolute atomic E-state index is 0.180. The molecule has 0 radical (unpaired) electrons. The molecule has 1 atom stereocenters. The molecule has 0 heterocycles. The molecule has 2 N–H and O–H groups in total. The smallest absolute Gasteiger partial charge is 0.137 e.